The highest BCUT2D eigenvalue weighted by Crippen LogP contribution is 2.37. The van der Waals surface area contributed by atoms with Crippen molar-refractivity contribution in [2.24, 2.45) is 0 Å². The Labute approximate surface area is 114 Å². The normalized spacial score (nSPS) is 13.7. The highest BCUT2D eigenvalue weighted by Gasteiger charge is 2.14. The Balaban J connectivity index is 1.83. The molecule has 19 heavy (non-hydrogen) atoms. The van der Waals surface area contributed by atoms with Crippen molar-refractivity contribution in [3.8, 4) is 22.1 Å². The summed E-state index contributed by atoms with van der Waals surface area (Å²) < 4.78 is 12.3. The Morgan fingerprint density at radius 2 is 1.79 bits per heavy atom. The molecule has 0 atom stereocenters. The van der Waals surface area contributed by atoms with Gasteiger partial charge in [0.2, 0.25) is 0 Å². The molecule has 0 unspecified atom stereocenters. The summed E-state index contributed by atoms with van der Waals surface area (Å²) in [5.74, 6) is 1.62. The minimum atomic E-state index is 0.607. The van der Waals surface area contributed by atoms with Gasteiger partial charge >= 0.3 is 0 Å². The predicted molar refractivity (Wildman–Crippen MR) is 76.0 cm³/mol. The molecular weight excluding hydrogens is 258 g/mol. The lowest BCUT2D eigenvalue weighted by Gasteiger charge is -2.18. The summed E-state index contributed by atoms with van der Waals surface area (Å²) >= 11 is 1.69. The number of rotatable bonds is 1. The first-order valence-corrected chi connectivity index (χ1v) is 6.97. The summed E-state index contributed by atoms with van der Waals surface area (Å²) in [6.45, 7) is 1.23. The van der Waals surface area contributed by atoms with Crippen LogP contribution < -0.4 is 9.47 Å². The third-order valence-electron chi connectivity index (χ3n) is 3.08. The van der Waals surface area contributed by atoms with Gasteiger partial charge in [0.05, 0.1) is 10.2 Å². The number of nitrogens with zero attached hydrogens (tertiary/aromatic N) is 1. The van der Waals surface area contributed by atoms with Crippen molar-refractivity contribution < 1.29 is 9.47 Å². The molecule has 4 heteroatoms. The van der Waals surface area contributed by atoms with Gasteiger partial charge in [-0.3, -0.25) is 0 Å². The summed E-state index contributed by atoms with van der Waals surface area (Å²) in [4.78, 5) is 4.65. The van der Waals surface area contributed by atoms with Crippen molar-refractivity contribution in [1.29, 1.82) is 0 Å². The van der Waals surface area contributed by atoms with E-state index in [9.17, 15) is 0 Å². The zero-order valence-corrected chi connectivity index (χ0v) is 10.9. The summed E-state index contributed by atoms with van der Waals surface area (Å²) in [6, 6.07) is 14.2. The molecule has 2 aromatic carbocycles. The molecule has 2 heterocycles. The van der Waals surface area contributed by atoms with Crippen LogP contribution in [-0.4, -0.2) is 18.2 Å². The smallest absolute Gasteiger partial charge is 0.162 e. The van der Waals surface area contributed by atoms with E-state index in [1.807, 2.05) is 36.4 Å². The lowest BCUT2D eigenvalue weighted by atomic mass is 10.2. The Hall–Kier alpha value is -2.07. The molecule has 0 N–H and O–H groups in total. The Bertz CT molecular complexity index is 718. The van der Waals surface area contributed by atoms with Crippen LogP contribution >= 0.6 is 11.3 Å². The van der Waals surface area contributed by atoms with Gasteiger partial charge < -0.3 is 9.47 Å². The predicted octanol–water partition coefficient (Wildman–Crippen LogP) is 3.73. The fourth-order valence-corrected chi connectivity index (χ4v) is 3.13. The second-order valence-electron chi connectivity index (χ2n) is 4.35. The van der Waals surface area contributed by atoms with Gasteiger partial charge in [-0.05, 0) is 30.3 Å². The van der Waals surface area contributed by atoms with E-state index in [0.29, 0.717) is 13.2 Å². The van der Waals surface area contributed by atoms with E-state index in [1.165, 1.54) is 4.70 Å². The molecular formula is C15H11NO2S. The first-order chi connectivity index (χ1) is 9.40. The first kappa shape index (κ1) is 10.8. The summed E-state index contributed by atoms with van der Waals surface area (Å²) in [5, 5.41) is 1.01. The zero-order valence-electron chi connectivity index (χ0n) is 10.1. The number of fused-ring (bicyclic) bond motifs is 2. The second kappa shape index (κ2) is 4.24. The van der Waals surface area contributed by atoms with Crippen molar-refractivity contribution in [3.63, 3.8) is 0 Å². The quantitative estimate of drug-likeness (QED) is 0.674. The van der Waals surface area contributed by atoms with E-state index >= 15 is 0 Å². The minimum Gasteiger partial charge on any atom is -0.486 e. The number of ether oxygens (including phenoxy) is 2. The van der Waals surface area contributed by atoms with Crippen molar-refractivity contribution >= 4 is 21.6 Å². The standard InChI is InChI=1S/C15H11NO2S/c1-2-4-14-11(3-1)16-15(19-14)10-5-6-12-13(9-10)18-8-7-17-12/h1-6,9H,7-8H2. The summed E-state index contributed by atoms with van der Waals surface area (Å²) in [7, 11) is 0. The number of thiazole rings is 1. The Morgan fingerprint density at radius 3 is 2.68 bits per heavy atom. The van der Waals surface area contributed by atoms with E-state index in [0.717, 1.165) is 27.6 Å². The molecule has 0 fully saturated rings. The molecule has 94 valence electrons. The van der Waals surface area contributed by atoms with Gasteiger partial charge in [-0.2, -0.15) is 0 Å². The molecule has 0 spiro atoms. The minimum absolute atomic E-state index is 0.607. The number of benzene rings is 2. The molecule has 1 aliphatic heterocycles. The summed E-state index contributed by atoms with van der Waals surface area (Å²) in [5.41, 5.74) is 2.11. The van der Waals surface area contributed by atoms with Crippen LogP contribution in [0.1, 0.15) is 0 Å². The van der Waals surface area contributed by atoms with Gasteiger partial charge in [0.25, 0.3) is 0 Å². The van der Waals surface area contributed by atoms with E-state index < -0.39 is 0 Å². The molecule has 0 saturated heterocycles. The monoisotopic (exact) mass is 269 g/mol. The van der Waals surface area contributed by atoms with Gasteiger partial charge in [-0.25, -0.2) is 4.98 Å². The van der Waals surface area contributed by atoms with Crippen molar-refractivity contribution in [2.45, 2.75) is 0 Å². The molecule has 3 aromatic rings. The molecule has 1 aromatic heterocycles. The number of hydrogen-bond donors (Lipinski definition) is 0. The fraction of sp³-hybridized carbons (Fsp3) is 0.133. The average molecular weight is 269 g/mol. The van der Waals surface area contributed by atoms with Gasteiger partial charge in [-0.1, -0.05) is 12.1 Å². The molecule has 1 aliphatic rings. The number of aromatic nitrogens is 1. The van der Waals surface area contributed by atoms with Crippen LogP contribution in [0.5, 0.6) is 11.5 Å². The van der Waals surface area contributed by atoms with Gasteiger partial charge in [-0.15, -0.1) is 11.3 Å². The molecule has 0 amide bonds. The van der Waals surface area contributed by atoms with Crippen LogP contribution in [0.15, 0.2) is 42.5 Å². The SMILES string of the molecule is c1ccc2sc(-c3ccc4c(c3)OCCO4)nc2c1. The van der Waals surface area contributed by atoms with Crippen LogP contribution in [0, 0.1) is 0 Å². The van der Waals surface area contributed by atoms with Crippen molar-refractivity contribution in [3.05, 3.63) is 42.5 Å². The number of para-hydroxylation sites is 1. The Morgan fingerprint density at radius 1 is 0.947 bits per heavy atom. The maximum Gasteiger partial charge on any atom is 0.162 e. The highest BCUT2D eigenvalue weighted by atomic mass is 32.1. The third kappa shape index (κ3) is 1.85. The maximum atomic E-state index is 5.61. The van der Waals surface area contributed by atoms with Crippen LogP contribution in [0.4, 0.5) is 0 Å². The largest absolute Gasteiger partial charge is 0.486 e. The molecule has 0 radical (unpaired) electrons. The fourth-order valence-electron chi connectivity index (χ4n) is 2.17. The summed E-state index contributed by atoms with van der Waals surface area (Å²) in [6.07, 6.45) is 0. The molecule has 0 saturated carbocycles. The van der Waals surface area contributed by atoms with Crippen molar-refractivity contribution in [1.82, 2.24) is 4.98 Å². The van der Waals surface area contributed by atoms with Gasteiger partial charge in [0, 0.05) is 5.56 Å². The molecule has 3 nitrogen and oxygen atoms in total. The van der Waals surface area contributed by atoms with Crippen LogP contribution in [0.2, 0.25) is 0 Å². The lowest BCUT2D eigenvalue weighted by Crippen LogP contribution is -2.15. The van der Waals surface area contributed by atoms with Gasteiger partial charge in [0.1, 0.15) is 18.2 Å². The highest BCUT2D eigenvalue weighted by molar-refractivity contribution is 7.21. The lowest BCUT2D eigenvalue weighted by molar-refractivity contribution is 0.171. The number of hydrogen-bond acceptors (Lipinski definition) is 4. The third-order valence-corrected chi connectivity index (χ3v) is 4.17. The van der Waals surface area contributed by atoms with Crippen LogP contribution in [0.3, 0.4) is 0 Å². The Kier molecular flexibility index (Phi) is 2.42. The van der Waals surface area contributed by atoms with E-state index in [4.69, 9.17) is 9.47 Å². The van der Waals surface area contributed by atoms with Crippen molar-refractivity contribution in [2.75, 3.05) is 13.2 Å². The molecule has 4 rings (SSSR count). The van der Waals surface area contributed by atoms with E-state index in [2.05, 4.69) is 11.1 Å². The first-order valence-electron chi connectivity index (χ1n) is 6.16. The van der Waals surface area contributed by atoms with Gasteiger partial charge in [0.15, 0.2) is 11.5 Å². The topological polar surface area (TPSA) is 31.4 Å². The van der Waals surface area contributed by atoms with Crippen LogP contribution in [-0.2, 0) is 0 Å². The average Bonchev–Trinajstić information content (AvgIpc) is 2.90. The van der Waals surface area contributed by atoms with Crippen LogP contribution in [0.25, 0.3) is 20.8 Å². The second-order valence-corrected chi connectivity index (χ2v) is 5.38. The maximum absolute atomic E-state index is 5.61. The zero-order chi connectivity index (χ0) is 12.7. The van der Waals surface area contributed by atoms with E-state index in [-0.39, 0.29) is 0 Å². The van der Waals surface area contributed by atoms with E-state index in [1.54, 1.807) is 11.3 Å². The molecule has 0 bridgehead atoms. The molecule has 0 aliphatic carbocycles.